The predicted molar refractivity (Wildman–Crippen MR) is 83.4 cm³/mol. The molecule has 0 atom stereocenters. The lowest BCUT2D eigenvalue weighted by Crippen LogP contribution is -2.25. The summed E-state index contributed by atoms with van der Waals surface area (Å²) < 4.78 is 13.4. The largest absolute Gasteiger partial charge is 0.359 e. The highest BCUT2D eigenvalue weighted by Gasteiger charge is 2.10. The Morgan fingerprint density at radius 2 is 2.25 bits per heavy atom. The van der Waals surface area contributed by atoms with E-state index in [1.54, 1.807) is 6.07 Å². The smallest absolute Gasteiger partial charge is 0.141 e. The molecule has 112 valence electrons. The monoisotopic (exact) mass is 279 g/mol. The molecule has 1 N–H and O–H groups in total. The van der Waals surface area contributed by atoms with Crippen molar-refractivity contribution in [2.75, 3.05) is 25.0 Å². The number of anilines is 1. The second kappa shape index (κ2) is 8.69. The number of unbranched alkanes of at least 4 members (excludes halogenated alkanes) is 1. The molecule has 0 aliphatic carbocycles. The highest BCUT2D eigenvalue weighted by molar-refractivity contribution is 5.46. The fourth-order valence-electron chi connectivity index (χ4n) is 2.02. The quantitative estimate of drug-likeness (QED) is 0.555. The number of nitrogens with zero attached hydrogens (tertiary/aromatic N) is 2. The Morgan fingerprint density at radius 3 is 2.90 bits per heavy atom. The Balaban J connectivity index is 2.70. The van der Waals surface area contributed by atoms with E-state index in [9.17, 15) is 4.39 Å². The molecule has 0 saturated carbocycles. The Hall–Kier alpha value is -1.42. The summed E-state index contributed by atoms with van der Waals surface area (Å²) in [5.74, 6) is 1.14. The maximum absolute atomic E-state index is 13.4. The first kappa shape index (κ1) is 16.6. The van der Waals surface area contributed by atoms with Crippen LogP contribution in [0.3, 0.4) is 0 Å². The first-order valence-corrected chi connectivity index (χ1v) is 7.21. The van der Waals surface area contributed by atoms with Crippen LogP contribution in [-0.2, 0) is 6.54 Å². The maximum atomic E-state index is 13.4. The molecule has 0 unspecified atom stereocenters. The van der Waals surface area contributed by atoms with Crippen molar-refractivity contribution in [1.29, 1.82) is 0 Å². The van der Waals surface area contributed by atoms with Crippen LogP contribution < -0.4 is 10.2 Å². The van der Waals surface area contributed by atoms with Crippen LogP contribution in [0.15, 0.2) is 24.9 Å². The zero-order valence-corrected chi connectivity index (χ0v) is 12.8. The predicted octanol–water partition coefficient (Wildman–Crippen LogP) is 3.37. The van der Waals surface area contributed by atoms with Crippen LogP contribution in [0, 0.1) is 11.7 Å². The van der Waals surface area contributed by atoms with Gasteiger partial charge in [-0.2, -0.15) is 0 Å². The number of nitrogens with one attached hydrogen (secondary N) is 1. The van der Waals surface area contributed by atoms with Gasteiger partial charge >= 0.3 is 0 Å². The fraction of sp³-hybridized carbons (Fsp3) is 0.562. The van der Waals surface area contributed by atoms with E-state index in [1.807, 2.05) is 13.1 Å². The highest BCUT2D eigenvalue weighted by atomic mass is 19.1. The molecule has 0 aliphatic rings. The maximum Gasteiger partial charge on any atom is 0.141 e. The summed E-state index contributed by atoms with van der Waals surface area (Å²) in [4.78, 5) is 6.32. The second-order valence-corrected chi connectivity index (χ2v) is 5.51. The minimum Gasteiger partial charge on any atom is -0.359 e. The number of halogens is 1. The van der Waals surface area contributed by atoms with E-state index in [0.717, 1.165) is 37.3 Å². The minimum atomic E-state index is -0.283. The summed E-state index contributed by atoms with van der Waals surface area (Å²) in [6, 6.07) is 1.57. The normalized spacial score (nSPS) is 10.8. The third kappa shape index (κ3) is 5.70. The van der Waals surface area contributed by atoms with Crippen LogP contribution in [0.1, 0.15) is 32.3 Å². The van der Waals surface area contributed by atoms with Gasteiger partial charge in [0.2, 0.25) is 0 Å². The molecule has 3 nitrogen and oxygen atoms in total. The lowest BCUT2D eigenvalue weighted by Gasteiger charge is -2.21. The number of allylic oxidation sites excluding steroid dienone is 1. The van der Waals surface area contributed by atoms with Crippen LogP contribution in [0.25, 0.3) is 0 Å². The van der Waals surface area contributed by atoms with Crippen molar-refractivity contribution in [3.8, 4) is 0 Å². The van der Waals surface area contributed by atoms with Crippen LogP contribution in [0.5, 0.6) is 0 Å². The van der Waals surface area contributed by atoms with Gasteiger partial charge in [-0.15, -0.1) is 6.58 Å². The second-order valence-electron chi connectivity index (χ2n) is 5.51. The lowest BCUT2D eigenvalue weighted by atomic mass is 10.2. The van der Waals surface area contributed by atoms with Crippen molar-refractivity contribution in [3.05, 3.63) is 36.3 Å². The number of hydrogen-bond acceptors (Lipinski definition) is 3. The van der Waals surface area contributed by atoms with Gasteiger partial charge in [0.25, 0.3) is 0 Å². The van der Waals surface area contributed by atoms with Gasteiger partial charge in [0.05, 0.1) is 6.20 Å². The SMILES string of the molecule is C=CCCCN(C)c1ncc(F)cc1CNCC(C)C. The van der Waals surface area contributed by atoms with Gasteiger partial charge in [0.15, 0.2) is 0 Å². The van der Waals surface area contributed by atoms with Crippen molar-refractivity contribution in [1.82, 2.24) is 10.3 Å². The van der Waals surface area contributed by atoms with Crippen molar-refractivity contribution in [3.63, 3.8) is 0 Å². The number of hydrogen-bond donors (Lipinski definition) is 1. The third-order valence-electron chi connectivity index (χ3n) is 3.04. The van der Waals surface area contributed by atoms with Gasteiger partial charge in [-0.05, 0) is 31.4 Å². The van der Waals surface area contributed by atoms with Gasteiger partial charge in [0, 0.05) is 25.7 Å². The van der Waals surface area contributed by atoms with Gasteiger partial charge in [-0.25, -0.2) is 9.37 Å². The molecule has 0 aromatic carbocycles. The Labute approximate surface area is 121 Å². The lowest BCUT2D eigenvalue weighted by molar-refractivity contribution is 0.548. The highest BCUT2D eigenvalue weighted by Crippen LogP contribution is 2.18. The molecular formula is C16H26FN3. The summed E-state index contributed by atoms with van der Waals surface area (Å²) in [5, 5.41) is 3.34. The van der Waals surface area contributed by atoms with Crippen molar-refractivity contribution in [2.24, 2.45) is 5.92 Å². The number of rotatable bonds is 9. The van der Waals surface area contributed by atoms with E-state index in [1.165, 1.54) is 6.20 Å². The van der Waals surface area contributed by atoms with Gasteiger partial charge in [0.1, 0.15) is 11.6 Å². The van der Waals surface area contributed by atoms with E-state index >= 15 is 0 Å². The molecule has 1 aromatic heterocycles. The van der Waals surface area contributed by atoms with Crippen LogP contribution >= 0.6 is 0 Å². The Kier molecular flexibility index (Phi) is 7.23. The zero-order valence-electron chi connectivity index (χ0n) is 12.8. The van der Waals surface area contributed by atoms with Crippen molar-refractivity contribution in [2.45, 2.75) is 33.2 Å². The van der Waals surface area contributed by atoms with E-state index < -0.39 is 0 Å². The molecule has 1 aromatic rings. The average molecular weight is 279 g/mol. The van der Waals surface area contributed by atoms with E-state index in [-0.39, 0.29) is 5.82 Å². The van der Waals surface area contributed by atoms with Crippen molar-refractivity contribution >= 4 is 5.82 Å². The van der Waals surface area contributed by atoms with Crippen molar-refractivity contribution < 1.29 is 4.39 Å². The summed E-state index contributed by atoms with van der Waals surface area (Å²) in [7, 11) is 2.00. The molecule has 0 amide bonds. The van der Waals surface area contributed by atoms with Crippen LogP contribution in [-0.4, -0.2) is 25.1 Å². The summed E-state index contributed by atoms with van der Waals surface area (Å²) in [6.07, 6.45) is 5.20. The Bertz CT molecular complexity index is 418. The molecule has 1 rings (SSSR count). The number of aromatic nitrogens is 1. The summed E-state index contributed by atoms with van der Waals surface area (Å²) >= 11 is 0. The first-order valence-electron chi connectivity index (χ1n) is 7.21. The summed E-state index contributed by atoms with van der Waals surface area (Å²) in [5.41, 5.74) is 0.909. The molecule has 0 bridgehead atoms. The van der Waals surface area contributed by atoms with E-state index in [4.69, 9.17) is 0 Å². The van der Waals surface area contributed by atoms with Gasteiger partial charge < -0.3 is 10.2 Å². The first-order chi connectivity index (χ1) is 9.54. The number of pyridine rings is 1. The molecule has 20 heavy (non-hydrogen) atoms. The molecule has 1 heterocycles. The molecule has 0 aliphatic heterocycles. The standard InChI is InChI=1S/C16H26FN3/c1-5-6-7-8-20(4)16-14(9-15(17)12-19-16)11-18-10-13(2)3/h5,9,12-13,18H,1,6-8,10-11H2,2-4H3. The van der Waals surface area contributed by atoms with Gasteiger partial charge in [-0.1, -0.05) is 19.9 Å². The summed E-state index contributed by atoms with van der Waals surface area (Å²) in [6.45, 7) is 10.5. The molecule has 0 fully saturated rings. The zero-order chi connectivity index (χ0) is 15.0. The average Bonchev–Trinajstić information content (AvgIpc) is 2.38. The third-order valence-corrected chi connectivity index (χ3v) is 3.04. The molecule has 0 saturated heterocycles. The molecule has 0 spiro atoms. The fourth-order valence-corrected chi connectivity index (χ4v) is 2.02. The molecule has 4 heteroatoms. The topological polar surface area (TPSA) is 28.2 Å². The van der Waals surface area contributed by atoms with E-state index in [2.05, 4.69) is 35.6 Å². The van der Waals surface area contributed by atoms with Gasteiger partial charge in [-0.3, -0.25) is 0 Å². The molecule has 0 radical (unpaired) electrons. The van der Waals surface area contributed by atoms with Crippen LogP contribution in [0.2, 0.25) is 0 Å². The van der Waals surface area contributed by atoms with Crippen LogP contribution in [0.4, 0.5) is 10.2 Å². The minimum absolute atomic E-state index is 0.283. The Morgan fingerprint density at radius 1 is 1.50 bits per heavy atom. The van der Waals surface area contributed by atoms with E-state index in [0.29, 0.717) is 12.5 Å². The molecular weight excluding hydrogens is 253 g/mol.